The predicted octanol–water partition coefficient (Wildman–Crippen LogP) is 3.81. The van der Waals surface area contributed by atoms with E-state index in [4.69, 9.17) is 4.74 Å². The number of nitrogens with zero attached hydrogens (tertiary/aromatic N) is 2. The second kappa shape index (κ2) is 9.50. The molecule has 2 aliphatic heterocycles. The van der Waals surface area contributed by atoms with Crippen LogP contribution in [0.25, 0.3) is 0 Å². The van der Waals surface area contributed by atoms with Crippen LogP contribution in [0.2, 0.25) is 0 Å². The van der Waals surface area contributed by atoms with Gasteiger partial charge in [-0.3, -0.25) is 9.59 Å². The number of benzene rings is 2. The van der Waals surface area contributed by atoms with Crippen LogP contribution in [0.4, 0.5) is 4.39 Å². The summed E-state index contributed by atoms with van der Waals surface area (Å²) in [6, 6.07) is 14.2. The van der Waals surface area contributed by atoms with Gasteiger partial charge in [0.25, 0.3) is 0 Å². The minimum atomic E-state index is -0.293. The average molecular weight is 425 g/mol. The molecule has 6 heteroatoms. The quantitative estimate of drug-likeness (QED) is 0.709. The summed E-state index contributed by atoms with van der Waals surface area (Å²) >= 11 is 0. The number of aryl methyl sites for hydroxylation is 1. The third-order valence-electron chi connectivity index (χ3n) is 6.47. The Bertz CT molecular complexity index is 931. The summed E-state index contributed by atoms with van der Waals surface area (Å²) in [5.74, 6) is 1.02. The Kier molecular flexibility index (Phi) is 6.54. The molecule has 31 heavy (non-hydrogen) atoms. The van der Waals surface area contributed by atoms with Crippen molar-refractivity contribution in [1.29, 1.82) is 0 Å². The molecule has 164 valence electrons. The maximum Gasteiger partial charge on any atom is 0.223 e. The van der Waals surface area contributed by atoms with Crippen molar-refractivity contribution >= 4 is 11.8 Å². The maximum absolute atomic E-state index is 13.6. The van der Waals surface area contributed by atoms with Gasteiger partial charge in [0.05, 0.1) is 13.2 Å². The molecule has 0 radical (unpaired) electrons. The normalized spacial score (nSPS) is 21.0. The number of fused-ring (bicyclic) bond motifs is 1. The van der Waals surface area contributed by atoms with Crippen LogP contribution in [0.5, 0.6) is 5.75 Å². The molecular weight excluding hydrogens is 395 g/mol. The summed E-state index contributed by atoms with van der Waals surface area (Å²) in [4.78, 5) is 29.5. The minimum absolute atomic E-state index is 0.00297. The molecule has 0 saturated carbocycles. The van der Waals surface area contributed by atoms with Gasteiger partial charge in [0.1, 0.15) is 11.6 Å². The first-order valence-electron chi connectivity index (χ1n) is 11.0. The van der Waals surface area contributed by atoms with Gasteiger partial charge < -0.3 is 14.5 Å². The number of hydrogen-bond acceptors (Lipinski definition) is 3. The summed E-state index contributed by atoms with van der Waals surface area (Å²) < 4.78 is 18.8. The Hall–Kier alpha value is -2.89. The highest BCUT2D eigenvalue weighted by Crippen LogP contribution is 2.32. The second-order valence-corrected chi connectivity index (χ2v) is 8.52. The van der Waals surface area contributed by atoms with Gasteiger partial charge in [-0.25, -0.2) is 4.39 Å². The zero-order chi connectivity index (χ0) is 21.8. The standard InChI is InChI=1S/C25H29FN2O3/c1-31-22-11-8-18(9-12-22)10-13-24(29)27-16-20-5-3-7-25(30)28(23(20)17-27)15-19-4-2-6-21(26)14-19/h2,4,6,8-9,11-12,14,20,23H,3,5,7,10,13,15-17H2,1H3/t20-,23+/m1/s1. The van der Waals surface area contributed by atoms with Crippen molar-refractivity contribution in [1.82, 2.24) is 9.80 Å². The van der Waals surface area contributed by atoms with E-state index < -0.39 is 0 Å². The third-order valence-corrected chi connectivity index (χ3v) is 6.47. The van der Waals surface area contributed by atoms with Crippen LogP contribution in [0.15, 0.2) is 48.5 Å². The number of ether oxygens (including phenoxy) is 1. The molecule has 2 amide bonds. The molecule has 2 fully saturated rings. The van der Waals surface area contributed by atoms with E-state index in [0.717, 1.165) is 29.7 Å². The smallest absolute Gasteiger partial charge is 0.223 e. The van der Waals surface area contributed by atoms with Crippen molar-refractivity contribution < 1.29 is 18.7 Å². The third kappa shape index (κ3) is 5.06. The fourth-order valence-electron chi connectivity index (χ4n) is 4.78. The van der Waals surface area contributed by atoms with Crippen molar-refractivity contribution in [2.75, 3.05) is 20.2 Å². The highest BCUT2D eigenvalue weighted by molar-refractivity contribution is 5.79. The number of amides is 2. The Balaban J connectivity index is 1.40. The lowest BCUT2D eigenvalue weighted by Gasteiger charge is -2.30. The SMILES string of the molecule is COc1ccc(CCC(=O)N2C[C@H]3CCCC(=O)N(Cc4cccc(F)c4)[C@H]3C2)cc1. The molecule has 2 atom stereocenters. The van der Waals surface area contributed by atoms with Crippen LogP contribution >= 0.6 is 0 Å². The number of rotatable bonds is 6. The van der Waals surface area contributed by atoms with Crippen LogP contribution in [-0.4, -0.2) is 47.9 Å². The van der Waals surface area contributed by atoms with Crippen LogP contribution in [0.3, 0.4) is 0 Å². The lowest BCUT2D eigenvalue weighted by atomic mass is 9.98. The van der Waals surface area contributed by atoms with E-state index in [1.807, 2.05) is 40.1 Å². The summed E-state index contributed by atoms with van der Waals surface area (Å²) in [5, 5.41) is 0. The Morgan fingerprint density at radius 2 is 1.94 bits per heavy atom. The summed E-state index contributed by atoms with van der Waals surface area (Å²) in [6.07, 6.45) is 3.43. The van der Waals surface area contributed by atoms with Crippen LogP contribution in [0.1, 0.15) is 36.8 Å². The number of hydrogen-bond donors (Lipinski definition) is 0. The molecule has 2 saturated heterocycles. The number of methoxy groups -OCH3 is 1. The van der Waals surface area contributed by atoms with Crippen molar-refractivity contribution in [3.05, 3.63) is 65.5 Å². The molecule has 0 spiro atoms. The van der Waals surface area contributed by atoms with Crippen molar-refractivity contribution in [3.63, 3.8) is 0 Å². The van der Waals surface area contributed by atoms with Gasteiger partial charge in [0.15, 0.2) is 0 Å². The molecular formula is C25H29FN2O3. The number of halogens is 1. The predicted molar refractivity (Wildman–Crippen MR) is 116 cm³/mol. The Morgan fingerprint density at radius 1 is 1.13 bits per heavy atom. The lowest BCUT2D eigenvalue weighted by Crippen LogP contribution is -2.43. The summed E-state index contributed by atoms with van der Waals surface area (Å²) in [5.41, 5.74) is 1.89. The first kappa shape index (κ1) is 21.3. The van der Waals surface area contributed by atoms with Gasteiger partial charge >= 0.3 is 0 Å². The van der Waals surface area contributed by atoms with E-state index in [1.54, 1.807) is 13.2 Å². The molecule has 2 heterocycles. The largest absolute Gasteiger partial charge is 0.497 e. The summed E-state index contributed by atoms with van der Waals surface area (Å²) in [6.45, 7) is 1.65. The fourth-order valence-corrected chi connectivity index (χ4v) is 4.78. The molecule has 0 aromatic heterocycles. The van der Waals surface area contributed by atoms with Crippen LogP contribution < -0.4 is 4.74 Å². The average Bonchev–Trinajstić information content (AvgIpc) is 3.14. The molecule has 0 bridgehead atoms. The van der Waals surface area contributed by atoms with E-state index in [9.17, 15) is 14.0 Å². The number of carbonyl (C=O) groups excluding carboxylic acids is 2. The van der Waals surface area contributed by atoms with Crippen molar-refractivity contribution in [3.8, 4) is 5.75 Å². The van der Waals surface area contributed by atoms with Crippen molar-refractivity contribution in [2.45, 2.75) is 44.7 Å². The molecule has 2 aliphatic rings. The monoisotopic (exact) mass is 424 g/mol. The summed E-state index contributed by atoms with van der Waals surface area (Å²) in [7, 11) is 1.63. The number of likely N-dealkylation sites (tertiary alicyclic amines) is 2. The molecule has 2 aromatic carbocycles. The topological polar surface area (TPSA) is 49.9 Å². The highest BCUT2D eigenvalue weighted by atomic mass is 19.1. The van der Waals surface area contributed by atoms with E-state index >= 15 is 0 Å². The number of carbonyl (C=O) groups is 2. The van der Waals surface area contributed by atoms with E-state index in [-0.39, 0.29) is 29.6 Å². The second-order valence-electron chi connectivity index (χ2n) is 8.52. The maximum atomic E-state index is 13.6. The van der Waals surface area contributed by atoms with E-state index in [1.165, 1.54) is 12.1 Å². The Labute approximate surface area is 182 Å². The van der Waals surface area contributed by atoms with Gasteiger partial charge in [-0.15, -0.1) is 0 Å². The van der Waals surface area contributed by atoms with Gasteiger partial charge in [0, 0.05) is 32.5 Å². The first-order chi connectivity index (χ1) is 15.0. The van der Waals surface area contributed by atoms with Crippen molar-refractivity contribution in [2.24, 2.45) is 5.92 Å². The van der Waals surface area contributed by atoms with Gasteiger partial charge in [0.2, 0.25) is 11.8 Å². The van der Waals surface area contributed by atoms with Gasteiger partial charge in [-0.2, -0.15) is 0 Å². The zero-order valence-corrected chi connectivity index (χ0v) is 17.9. The first-order valence-corrected chi connectivity index (χ1v) is 11.0. The molecule has 0 aliphatic carbocycles. The Morgan fingerprint density at radius 3 is 2.68 bits per heavy atom. The lowest BCUT2D eigenvalue weighted by molar-refractivity contribution is -0.135. The van der Waals surface area contributed by atoms with Gasteiger partial charge in [-0.05, 0) is 60.6 Å². The molecule has 0 unspecified atom stereocenters. The minimum Gasteiger partial charge on any atom is -0.497 e. The highest BCUT2D eigenvalue weighted by Gasteiger charge is 2.41. The van der Waals surface area contributed by atoms with Gasteiger partial charge in [-0.1, -0.05) is 24.3 Å². The molecule has 2 aromatic rings. The van der Waals surface area contributed by atoms with Crippen LogP contribution in [0, 0.1) is 11.7 Å². The molecule has 4 rings (SSSR count). The molecule has 0 N–H and O–H groups in total. The fraction of sp³-hybridized carbons (Fsp3) is 0.440. The zero-order valence-electron chi connectivity index (χ0n) is 17.9. The van der Waals surface area contributed by atoms with E-state index in [0.29, 0.717) is 38.9 Å². The molecule has 5 nitrogen and oxygen atoms in total. The van der Waals surface area contributed by atoms with Crippen LogP contribution in [-0.2, 0) is 22.6 Å². The van der Waals surface area contributed by atoms with E-state index in [2.05, 4.69) is 0 Å².